The molecule has 152 valence electrons. The molecule has 0 fully saturated rings. The average molecular weight is 518 g/mol. The topological polar surface area (TPSA) is 33.2 Å². The number of fused-ring (bicyclic) bond motifs is 1. The Hall–Kier alpha value is -1.86. The minimum Gasteiger partial charge on any atom is -0.284 e. The summed E-state index contributed by atoms with van der Waals surface area (Å²) in [5.41, 5.74) is 1.98. The van der Waals surface area contributed by atoms with Crippen LogP contribution in [0, 0.1) is 0 Å². The van der Waals surface area contributed by atoms with Gasteiger partial charge in [-0.05, 0) is 48.0 Å². The maximum absolute atomic E-state index is 13.2. The van der Waals surface area contributed by atoms with Crippen LogP contribution < -0.4 is 4.90 Å². The third-order valence-corrected chi connectivity index (χ3v) is 7.25. The highest BCUT2D eigenvalue weighted by molar-refractivity contribution is 9.10. The van der Waals surface area contributed by atoms with E-state index in [1.54, 1.807) is 28.0 Å². The van der Waals surface area contributed by atoms with Crippen molar-refractivity contribution in [2.45, 2.75) is 17.9 Å². The molecular formula is C23H18BrClN2OS2. The molecule has 0 unspecified atom stereocenters. The lowest BCUT2D eigenvalue weighted by molar-refractivity contribution is -0.118. The number of halogens is 2. The summed E-state index contributed by atoms with van der Waals surface area (Å²) in [5.74, 6) is 0.765. The van der Waals surface area contributed by atoms with E-state index in [2.05, 4.69) is 15.9 Å². The normalized spacial score (nSPS) is 11.0. The second kappa shape index (κ2) is 9.96. The smallest absolute Gasteiger partial charge is 0.229 e. The zero-order chi connectivity index (χ0) is 20.9. The van der Waals surface area contributed by atoms with Crippen molar-refractivity contribution < 1.29 is 4.79 Å². The Kier molecular flexibility index (Phi) is 7.10. The van der Waals surface area contributed by atoms with Crippen LogP contribution in [0.1, 0.15) is 12.0 Å². The Morgan fingerprint density at radius 1 is 1.07 bits per heavy atom. The van der Waals surface area contributed by atoms with Gasteiger partial charge >= 0.3 is 0 Å². The number of nitrogens with zero attached hydrogens (tertiary/aromatic N) is 2. The van der Waals surface area contributed by atoms with Gasteiger partial charge in [-0.2, -0.15) is 0 Å². The molecule has 4 aromatic rings. The molecule has 0 N–H and O–H groups in total. The van der Waals surface area contributed by atoms with Gasteiger partial charge in [0.25, 0.3) is 0 Å². The monoisotopic (exact) mass is 516 g/mol. The predicted molar refractivity (Wildman–Crippen MR) is 132 cm³/mol. The number of thioether (sulfide) groups is 1. The number of hydrogen-bond donors (Lipinski definition) is 0. The lowest BCUT2D eigenvalue weighted by Gasteiger charge is -2.20. The Morgan fingerprint density at radius 3 is 2.60 bits per heavy atom. The number of aromatic nitrogens is 1. The quantitative estimate of drug-likeness (QED) is 0.239. The van der Waals surface area contributed by atoms with E-state index in [0.717, 1.165) is 30.3 Å². The summed E-state index contributed by atoms with van der Waals surface area (Å²) in [6.45, 7) is 0.506. The number of hydrogen-bond acceptors (Lipinski definition) is 4. The molecular weight excluding hydrogens is 500 g/mol. The molecule has 0 spiro atoms. The van der Waals surface area contributed by atoms with E-state index in [1.165, 1.54) is 0 Å². The number of benzene rings is 3. The van der Waals surface area contributed by atoms with Gasteiger partial charge in [-0.15, -0.1) is 11.8 Å². The van der Waals surface area contributed by atoms with E-state index in [0.29, 0.717) is 23.7 Å². The Labute approximate surface area is 197 Å². The lowest BCUT2D eigenvalue weighted by atomic mass is 10.2. The summed E-state index contributed by atoms with van der Waals surface area (Å²) >= 11 is 12.7. The van der Waals surface area contributed by atoms with E-state index in [9.17, 15) is 4.79 Å². The minimum absolute atomic E-state index is 0.0680. The van der Waals surface area contributed by atoms with Crippen molar-refractivity contribution in [3.8, 4) is 0 Å². The molecule has 0 aliphatic rings. The van der Waals surface area contributed by atoms with E-state index in [-0.39, 0.29) is 5.91 Å². The lowest BCUT2D eigenvalue weighted by Crippen LogP contribution is -2.30. The molecule has 0 aliphatic carbocycles. The van der Waals surface area contributed by atoms with Crippen LogP contribution in [0.2, 0.25) is 5.02 Å². The molecule has 0 radical (unpaired) electrons. The zero-order valence-electron chi connectivity index (χ0n) is 15.9. The van der Waals surface area contributed by atoms with Crippen LogP contribution in [-0.2, 0) is 11.3 Å². The van der Waals surface area contributed by atoms with Gasteiger partial charge in [-0.1, -0.05) is 69.2 Å². The van der Waals surface area contributed by atoms with Crippen LogP contribution in [0.4, 0.5) is 5.13 Å². The van der Waals surface area contributed by atoms with Crippen molar-refractivity contribution in [3.05, 3.63) is 87.9 Å². The Balaban J connectivity index is 1.52. The van der Waals surface area contributed by atoms with Gasteiger partial charge in [0.2, 0.25) is 5.91 Å². The Bertz CT molecular complexity index is 1150. The highest BCUT2D eigenvalue weighted by Gasteiger charge is 2.20. The highest BCUT2D eigenvalue weighted by atomic mass is 79.9. The van der Waals surface area contributed by atoms with Crippen LogP contribution in [0.5, 0.6) is 0 Å². The average Bonchev–Trinajstić information content (AvgIpc) is 3.17. The van der Waals surface area contributed by atoms with Gasteiger partial charge in [0.15, 0.2) is 5.13 Å². The van der Waals surface area contributed by atoms with Crippen molar-refractivity contribution in [1.82, 2.24) is 4.98 Å². The van der Waals surface area contributed by atoms with Crippen LogP contribution in [0.15, 0.2) is 82.2 Å². The van der Waals surface area contributed by atoms with Crippen LogP contribution in [0.3, 0.4) is 0 Å². The summed E-state index contributed by atoms with van der Waals surface area (Å²) < 4.78 is 2.06. The van der Waals surface area contributed by atoms with Crippen molar-refractivity contribution in [2.24, 2.45) is 0 Å². The van der Waals surface area contributed by atoms with Gasteiger partial charge in [-0.25, -0.2) is 4.98 Å². The molecule has 0 saturated carbocycles. The van der Waals surface area contributed by atoms with Gasteiger partial charge in [0.1, 0.15) is 0 Å². The molecule has 1 heterocycles. The number of amides is 1. The van der Waals surface area contributed by atoms with Crippen LogP contribution in [0.25, 0.3) is 10.2 Å². The van der Waals surface area contributed by atoms with Gasteiger partial charge in [0, 0.05) is 26.6 Å². The molecule has 0 bridgehead atoms. The first kappa shape index (κ1) is 21.4. The number of carbonyl (C=O) groups is 1. The molecule has 3 aromatic carbocycles. The molecule has 1 aromatic heterocycles. The Morgan fingerprint density at radius 2 is 1.83 bits per heavy atom. The molecule has 7 heteroatoms. The largest absolute Gasteiger partial charge is 0.284 e. The van der Waals surface area contributed by atoms with E-state index in [4.69, 9.17) is 16.6 Å². The standard InChI is InChI=1S/C23H18BrClN2OS2/c24-17-6-11-20-21(14-17)30-23(26-20)27(15-16-4-2-1-3-5-16)22(28)12-13-29-19-9-7-18(25)8-10-19/h1-11,14H,12-13,15H2. The molecule has 4 rings (SSSR count). The molecule has 0 aliphatic heterocycles. The first-order valence-corrected chi connectivity index (χ1v) is 12.3. The number of rotatable bonds is 7. The van der Waals surface area contributed by atoms with E-state index < -0.39 is 0 Å². The minimum atomic E-state index is 0.0680. The third-order valence-electron chi connectivity index (χ3n) is 4.45. The fourth-order valence-electron chi connectivity index (χ4n) is 2.95. The number of thiazole rings is 1. The summed E-state index contributed by atoms with van der Waals surface area (Å²) in [6.07, 6.45) is 0.430. The number of carbonyl (C=O) groups excluding carboxylic acids is 1. The molecule has 30 heavy (non-hydrogen) atoms. The summed E-state index contributed by atoms with van der Waals surface area (Å²) in [7, 11) is 0. The van der Waals surface area contributed by atoms with Crippen molar-refractivity contribution in [3.63, 3.8) is 0 Å². The van der Waals surface area contributed by atoms with Crippen LogP contribution >= 0.6 is 50.6 Å². The fourth-order valence-corrected chi connectivity index (χ4v) is 5.45. The second-order valence-electron chi connectivity index (χ2n) is 6.63. The van der Waals surface area contributed by atoms with Gasteiger partial charge < -0.3 is 0 Å². The molecule has 0 atom stereocenters. The molecule has 3 nitrogen and oxygen atoms in total. The number of anilines is 1. The molecule has 1 amide bonds. The third kappa shape index (κ3) is 5.43. The summed E-state index contributed by atoms with van der Waals surface area (Å²) in [5, 5.41) is 1.44. The van der Waals surface area contributed by atoms with Gasteiger partial charge in [0.05, 0.1) is 16.8 Å². The summed E-state index contributed by atoms with van der Waals surface area (Å²) in [4.78, 5) is 20.8. The summed E-state index contributed by atoms with van der Waals surface area (Å²) in [6, 6.07) is 23.7. The van der Waals surface area contributed by atoms with E-state index in [1.807, 2.05) is 72.8 Å². The predicted octanol–water partition coefficient (Wildman–Crippen LogP) is 7.43. The highest BCUT2D eigenvalue weighted by Crippen LogP contribution is 2.32. The van der Waals surface area contributed by atoms with Crippen molar-refractivity contribution in [2.75, 3.05) is 10.7 Å². The fraction of sp³-hybridized carbons (Fsp3) is 0.130. The molecule has 0 saturated heterocycles. The zero-order valence-corrected chi connectivity index (χ0v) is 19.9. The van der Waals surface area contributed by atoms with Crippen molar-refractivity contribution >= 4 is 71.9 Å². The first-order chi connectivity index (χ1) is 14.6. The maximum Gasteiger partial charge on any atom is 0.229 e. The second-order valence-corrected chi connectivity index (χ2v) is 10.2. The van der Waals surface area contributed by atoms with Crippen molar-refractivity contribution in [1.29, 1.82) is 0 Å². The van der Waals surface area contributed by atoms with Crippen LogP contribution in [-0.4, -0.2) is 16.6 Å². The SMILES string of the molecule is O=C(CCSc1ccc(Cl)cc1)N(Cc1ccccc1)c1nc2ccc(Br)cc2s1. The maximum atomic E-state index is 13.2. The first-order valence-electron chi connectivity index (χ1n) is 9.37. The van der Waals surface area contributed by atoms with E-state index >= 15 is 0 Å². The van der Waals surface area contributed by atoms with Gasteiger partial charge in [-0.3, -0.25) is 9.69 Å².